The Morgan fingerprint density at radius 1 is 1.16 bits per heavy atom. The number of hydrogen-bond donors (Lipinski definition) is 2. The molecule has 0 unspecified atom stereocenters. The maximum Gasteiger partial charge on any atom is 0.257 e. The number of halogens is 1. The van der Waals surface area contributed by atoms with E-state index in [0.717, 1.165) is 9.88 Å². The lowest BCUT2D eigenvalue weighted by Gasteiger charge is -2.12. The van der Waals surface area contributed by atoms with E-state index in [4.69, 9.17) is 16.3 Å². The van der Waals surface area contributed by atoms with Gasteiger partial charge in [-0.15, -0.1) is 22.7 Å². The minimum absolute atomic E-state index is 0.136. The second-order valence-corrected chi connectivity index (χ2v) is 9.16. The first-order valence-electron chi connectivity index (χ1n) is 9.41. The van der Waals surface area contributed by atoms with Crippen LogP contribution in [0.3, 0.4) is 0 Å². The first-order chi connectivity index (χ1) is 15.5. The van der Waals surface area contributed by atoms with Gasteiger partial charge in [-0.3, -0.25) is 14.6 Å². The van der Waals surface area contributed by atoms with Crippen LogP contribution in [0.2, 0.25) is 4.34 Å². The summed E-state index contributed by atoms with van der Waals surface area (Å²) in [4.78, 5) is 34.3. The number of aromatic nitrogens is 2. The Balaban J connectivity index is 1.40. The molecule has 0 saturated heterocycles. The molecule has 0 spiro atoms. The van der Waals surface area contributed by atoms with Crippen molar-refractivity contribution in [3.05, 3.63) is 75.8 Å². The predicted molar refractivity (Wildman–Crippen MR) is 128 cm³/mol. The van der Waals surface area contributed by atoms with Gasteiger partial charge in [0.1, 0.15) is 10.8 Å². The van der Waals surface area contributed by atoms with E-state index in [1.165, 1.54) is 36.0 Å². The number of anilines is 2. The Morgan fingerprint density at radius 2 is 2.03 bits per heavy atom. The van der Waals surface area contributed by atoms with Gasteiger partial charge in [-0.2, -0.15) is 0 Å². The monoisotopic (exact) mass is 484 g/mol. The molecule has 0 bridgehead atoms. The fraction of sp³-hybridized carbons (Fsp3) is 0.0909. The van der Waals surface area contributed by atoms with E-state index in [1.54, 1.807) is 36.5 Å². The second-order valence-electron chi connectivity index (χ2n) is 6.58. The van der Waals surface area contributed by atoms with Crippen molar-refractivity contribution in [3.8, 4) is 15.6 Å². The highest BCUT2D eigenvalue weighted by Crippen LogP contribution is 2.33. The van der Waals surface area contributed by atoms with Gasteiger partial charge in [-0.1, -0.05) is 11.6 Å². The van der Waals surface area contributed by atoms with Crippen molar-refractivity contribution in [3.63, 3.8) is 0 Å². The third-order valence-electron chi connectivity index (χ3n) is 4.33. The molecule has 1 aromatic carbocycles. The summed E-state index contributed by atoms with van der Waals surface area (Å²) in [6.45, 7) is 0. The first kappa shape index (κ1) is 21.9. The molecule has 32 heavy (non-hydrogen) atoms. The van der Waals surface area contributed by atoms with Crippen molar-refractivity contribution in [1.82, 2.24) is 9.97 Å². The molecule has 0 aliphatic heterocycles. The van der Waals surface area contributed by atoms with Crippen LogP contribution in [0.1, 0.15) is 16.1 Å². The summed E-state index contributed by atoms with van der Waals surface area (Å²) < 4.78 is 6.07. The van der Waals surface area contributed by atoms with Gasteiger partial charge >= 0.3 is 0 Å². The molecule has 10 heteroatoms. The quantitative estimate of drug-likeness (QED) is 0.368. The van der Waals surface area contributed by atoms with Gasteiger partial charge in [0.05, 0.1) is 39.7 Å². The highest BCUT2D eigenvalue weighted by atomic mass is 35.5. The zero-order chi connectivity index (χ0) is 22.5. The summed E-state index contributed by atoms with van der Waals surface area (Å²) in [7, 11) is 1.49. The average molecular weight is 485 g/mol. The topological polar surface area (TPSA) is 93.2 Å². The Kier molecular flexibility index (Phi) is 6.79. The van der Waals surface area contributed by atoms with Gasteiger partial charge in [-0.25, -0.2) is 4.98 Å². The number of benzene rings is 1. The van der Waals surface area contributed by atoms with Crippen LogP contribution in [0.15, 0.2) is 60.2 Å². The van der Waals surface area contributed by atoms with E-state index in [0.29, 0.717) is 32.7 Å². The number of thiazole rings is 1. The molecule has 7 nitrogen and oxygen atoms in total. The van der Waals surface area contributed by atoms with E-state index in [2.05, 4.69) is 20.6 Å². The van der Waals surface area contributed by atoms with Gasteiger partial charge < -0.3 is 15.4 Å². The Labute approximate surface area is 197 Å². The molecule has 0 radical (unpaired) electrons. The lowest BCUT2D eigenvalue weighted by atomic mass is 10.2. The average Bonchev–Trinajstić information content (AvgIpc) is 3.44. The fourth-order valence-electron chi connectivity index (χ4n) is 2.86. The lowest BCUT2D eigenvalue weighted by molar-refractivity contribution is -0.115. The molecule has 3 aromatic heterocycles. The minimum atomic E-state index is -0.306. The van der Waals surface area contributed by atoms with Crippen LogP contribution < -0.4 is 15.4 Å². The zero-order valence-corrected chi connectivity index (χ0v) is 19.2. The number of nitrogens with one attached hydrogen (secondary N) is 2. The molecule has 0 atom stereocenters. The summed E-state index contributed by atoms with van der Waals surface area (Å²) in [6.07, 6.45) is 3.21. The predicted octanol–water partition coefficient (Wildman–Crippen LogP) is 5.36. The second kappa shape index (κ2) is 9.90. The summed E-state index contributed by atoms with van der Waals surface area (Å²) in [5.74, 6) is -0.0923. The van der Waals surface area contributed by atoms with Crippen molar-refractivity contribution in [2.24, 2.45) is 0 Å². The Hall–Kier alpha value is -3.27. The van der Waals surface area contributed by atoms with Crippen LogP contribution in [0.4, 0.5) is 11.4 Å². The number of carbonyl (C=O) groups excluding carboxylic acids is 2. The SMILES string of the molecule is COc1cc(NC(=O)Cc2csc(-c3ccc(Cl)s3)n2)ccc1NC(=O)c1cccnc1. The Bertz CT molecular complexity index is 1260. The number of amides is 2. The van der Waals surface area contributed by atoms with Gasteiger partial charge in [0, 0.05) is 29.5 Å². The Morgan fingerprint density at radius 3 is 2.75 bits per heavy atom. The molecule has 0 saturated carbocycles. The maximum atomic E-state index is 12.5. The first-order valence-corrected chi connectivity index (χ1v) is 11.5. The number of hydrogen-bond acceptors (Lipinski definition) is 7. The third-order valence-corrected chi connectivity index (χ3v) is 6.63. The lowest BCUT2D eigenvalue weighted by Crippen LogP contribution is -2.15. The molecule has 2 N–H and O–H groups in total. The van der Waals surface area contributed by atoms with E-state index >= 15 is 0 Å². The van der Waals surface area contributed by atoms with Crippen LogP contribution >= 0.6 is 34.3 Å². The number of pyridine rings is 1. The molecule has 3 heterocycles. The number of ether oxygens (including phenoxy) is 1. The van der Waals surface area contributed by atoms with E-state index in [1.807, 2.05) is 17.5 Å². The number of rotatable bonds is 7. The molecular formula is C22H17ClN4O3S2. The van der Waals surface area contributed by atoms with Crippen LogP contribution in [0, 0.1) is 0 Å². The van der Waals surface area contributed by atoms with Crippen molar-refractivity contribution < 1.29 is 14.3 Å². The summed E-state index contributed by atoms with van der Waals surface area (Å²) in [5.41, 5.74) is 2.14. The van der Waals surface area contributed by atoms with Crippen molar-refractivity contribution in [2.45, 2.75) is 6.42 Å². The molecule has 4 aromatic rings. The third kappa shape index (κ3) is 5.31. The van der Waals surface area contributed by atoms with E-state index < -0.39 is 0 Å². The summed E-state index contributed by atoms with van der Waals surface area (Å²) >= 11 is 8.90. The van der Waals surface area contributed by atoms with E-state index in [9.17, 15) is 9.59 Å². The number of nitrogens with zero attached hydrogens (tertiary/aromatic N) is 2. The summed E-state index contributed by atoms with van der Waals surface area (Å²) in [5, 5.41) is 8.31. The van der Waals surface area contributed by atoms with Gasteiger partial charge in [0.2, 0.25) is 5.91 Å². The molecule has 4 rings (SSSR count). The smallest absolute Gasteiger partial charge is 0.257 e. The van der Waals surface area contributed by atoms with Crippen LogP contribution in [-0.2, 0) is 11.2 Å². The molecule has 0 aliphatic rings. The van der Waals surface area contributed by atoms with Crippen LogP contribution in [0.5, 0.6) is 5.75 Å². The zero-order valence-electron chi connectivity index (χ0n) is 16.8. The number of thiophene rings is 1. The number of carbonyl (C=O) groups is 2. The molecule has 162 valence electrons. The highest BCUT2D eigenvalue weighted by molar-refractivity contribution is 7.23. The maximum absolute atomic E-state index is 12.5. The molecule has 0 fully saturated rings. The van der Waals surface area contributed by atoms with E-state index in [-0.39, 0.29) is 18.2 Å². The molecule has 0 aliphatic carbocycles. The molecular weight excluding hydrogens is 468 g/mol. The molecule has 2 amide bonds. The fourth-order valence-corrected chi connectivity index (χ4v) is 4.80. The number of methoxy groups -OCH3 is 1. The van der Waals surface area contributed by atoms with Gasteiger partial charge in [0.15, 0.2) is 0 Å². The van der Waals surface area contributed by atoms with Gasteiger partial charge in [-0.05, 0) is 36.4 Å². The standard InChI is InChI=1S/C22H17ClN4O3S2/c1-30-17-9-14(4-5-16(17)27-21(29)13-3-2-8-24-11-13)25-20(28)10-15-12-31-22(26-15)18-6-7-19(23)32-18/h2-9,11-12H,10H2,1H3,(H,25,28)(H,27,29). The van der Waals surface area contributed by atoms with Gasteiger partial charge in [0.25, 0.3) is 5.91 Å². The largest absolute Gasteiger partial charge is 0.494 e. The normalized spacial score (nSPS) is 10.6. The summed E-state index contributed by atoms with van der Waals surface area (Å²) in [6, 6.07) is 12.1. The van der Waals surface area contributed by atoms with Crippen molar-refractivity contribution in [2.75, 3.05) is 17.7 Å². The van der Waals surface area contributed by atoms with Crippen LogP contribution in [0.25, 0.3) is 9.88 Å². The van der Waals surface area contributed by atoms with Crippen LogP contribution in [-0.4, -0.2) is 28.9 Å². The minimum Gasteiger partial charge on any atom is -0.494 e. The highest BCUT2D eigenvalue weighted by Gasteiger charge is 2.14. The van der Waals surface area contributed by atoms with Crippen molar-refractivity contribution in [1.29, 1.82) is 0 Å². The van der Waals surface area contributed by atoms with Crippen molar-refractivity contribution >= 4 is 57.5 Å².